The summed E-state index contributed by atoms with van der Waals surface area (Å²) in [5, 5.41) is 0.465. The van der Waals surface area contributed by atoms with Gasteiger partial charge in [-0.15, -0.1) is 0 Å². The maximum Gasteiger partial charge on any atom is 0.287 e. The average Bonchev–Trinajstić information content (AvgIpc) is 1.98. The minimum absolute atomic E-state index is 0.465. The van der Waals surface area contributed by atoms with Crippen molar-refractivity contribution in [2.45, 2.75) is 0 Å². The smallest absolute Gasteiger partial charge is 0.286 e. The normalized spacial score (nSPS) is 12.4. The largest absolute Gasteiger partial charge is 0.287 e. The standard InChI is InChI=1S/C2H6O6S2.C2H4O3S/c3-9(4,5)1-2-10(6,7)8;1-2-6(3,4)5/h1-2H2,(H,3,4,5)(H,6,7,8);2H,1H2,(H,3,4,5). The van der Waals surface area contributed by atoms with Crippen molar-refractivity contribution in [3.8, 4) is 0 Å². The Labute approximate surface area is 93.0 Å². The summed E-state index contributed by atoms with van der Waals surface area (Å²) in [5.41, 5.74) is 0. The summed E-state index contributed by atoms with van der Waals surface area (Å²) in [6, 6.07) is 0. The van der Waals surface area contributed by atoms with Gasteiger partial charge in [0.2, 0.25) is 0 Å². The lowest BCUT2D eigenvalue weighted by Crippen LogP contribution is -2.15. The van der Waals surface area contributed by atoms with Crippen molar-refractivity contribution in [2.75, 3.05) is 11.5 Å². The van der Waals surface area contributed by atoms with Crippen LogP contribution in [0.3, 0.4) is 0 Å². The van der Waals surface area contributed by atoms with Crippen LogP contribution in [0.15, 0.2) is 12.0 Å². The molecule has 0 amide bonds. The SMILES string of the molecule is C=CS(=O)(=O)O.O=S(=O)(O)CCS(=O)(=O)O. The molecule has 0 aromatic rings. The van der Waals surface area contributed by atoms with Gasteiger partial charge in [-0.2, -0.15) is 25.3 Å². The van der Waals surface area contributed by atoms with Crippen LogP contribution in [0.1, 0.15) is 0 Å². The molecule has 12 heteroatoms. The van der Waals surface area contributed by atoms with Crippen LogP contribution in [0.2, 0.25) is 0 Å². The van der Waals surface area contributed by atoms with E-state index in [4.69, 9.17) is 13.7 Å². The Hall–Kier alpha value is -0.530. The highest BCUT2D eigenvalue weighted by molar-refractivity contribution is 7.89. The van der Waals surface area contributed by atoms with Gasteiger partial charge in [0.15, 0.2) is 0 Å². The van der Waals surface area contributed by atoms with E-state index in [-0.39, 0.29) is 0 Å². The lowest BCUT2D eigenvalue weighted by molar-refractivity contribution is 0.472. The topological polar surface area (TPSA) is 163 Å². The zero-order chi connectivity index (χ0) is 13.6. The van der Waals surface area contributed by atoms with Crippen LogP contribution in [-0.2, 0) is 30.4 Å². The van der Waals surface area contributed by atoms with Crippen molar-refractivity contribution in [1.82, 2.24) is 0 Å². The van der Waals surface area contributed by atoms with Gasteiger partial charge in [-0.1, -0.05) is 6.58 Å². The molecule has 9 nitrogen and oxygen atoms in total. The average molecular weight is 298 g/mol. The molecule has 0 spiro atoms. The van der Waals surface area contributed by atoms with Gasteiger partial charge in [0.05, 0.1) is 16.9 Å². The fourth-order valence-corrected chi connectivity index (χ4v) is 1.90. The quantitative estimate of drug-likeness (QED) is 0.539. The third-order valence-electron chi connectivity index (χ3n) is 0.810. The van der Waals surface area contributed by atoms with E-state index in [1.54, 1.807) is 0 Å². The molecular formula is C4H10O9S3. The zero-order valence-corrected chi connectivity index (χ0v) is 10.2. The molecule has 0 fully saturated rings. The van der Waals surface area contributed by atoms with E-state index in [1.807, 2.05) is 0 Å². The van der Waals surface area contributed by atoms with Crippen molar-refractivity contribution in [3.63, 3.8) is 0 Å². The molecule has 0 bridgehead atoms. The summed E-state index contributed by atoms with van der Waals surface area (Å²) in [6.07, 6.45) is 0. The van der Waals surface area contributed by atoms with Crippen LogP contribution in [0.5, 0.6) is 0 Å². The van der Waals surface area contributed by atoms with E-state index in [9.17, 15) is 25.3 Å². The fourth-order valence-electron chi connectivity index (χ4n) is 0.211. The van der Waals surface area contributed by atoms with Crippen LogP contribution < -0.4 is 0 Å². The van der Waals surface area contributed by atoms with Gasteiger partial charge in [-0.05, 0) is 0 Å². The maximum atomic E-state index is 9.86. The summed E-state index contributed by atoms with van der Waals surface area (Å²) >= 11 is 0. The molecule has 0 unspecified atom stereocenters. The van der Waals surface area contributed by atoms with Crippen LogP contribution in [0, 0.1) is 0 Å². The summed E-state index contributed by atoms with van der Waals surface area (Å²) in [5.74, 6) is -1.96. The summed E-state index contributed by atoms with van der Waals surface area (Å²) in [7, 11) is -12.5. The Bertz CT molecular complexity index is 463. The van der Waals surface area contributed by atoms with E-state index in [0.717, 1.165) is 0 Å². The van der Waals surface area contributed by atoms with Gasteiger partial charge in [-0.3, -0.25) is 13.7 Å². The Morgan fingerprint density at radius 2 is 1.00 bits per heavy atom. The molecule has 98 valence electrons. The lowest BCUT2D eigenvalue weighted by atomic mass is 11.0. The van der Waals surface area contributed by atoms with Crippen LogP contribution in [0.4, 0.5) is 0 Å². The summed E-state index contributed by atoms with van der Waals surface area (Å²) < 4.78 is 81.9. The molecule has 0 aliphatic carbocycles. The maximum absolute atomic E-state index is 9.86. The van der Waals surface area contributed by atoms with Crippen molar-refractivity contribution < 1.29 is 38.9 Å². The van der Waals surface area contributed by atoms with Gasteiger partial charge >= 0.3 is 0 Å². The molecule has 0 radical (unpaired) electrons. The predicted octanol–water partition coefficient (Wildman–Crippen LogP) is -1.22. The lowest BCUT2D eigenvalue weighted by Gasteiger charge is -1.92. The van der Waals surface area contributed by atoms with Crippen LogP contribution in [-0.4, -0.2) is 50.4 Å². The van der Waals surface area contributed by atoms with Gasteiger partial charge in [0.1, 0.15) is 0 Å². The first-order valence-corrected chi connectivity index (χ1v) is 7.99. The molecule has 16 heavy (non-hydrogen) atoms. The molecule has 0 aliphatic heterocycles. The minimum atomic E-state index is -4.30. The Morgan fingerprint density at radius 1 is 0.812 bits per heavy atom. The molecule has 0 aromatic carbocycles. The Balaban J connectivity index is 0. The third-order valence-corrected chi connectivity index (χ3v) is 2.93. The van der Waals surface area contributed by atoms with E-state index < -0.39 is 41.9 Å². The molecule has 0 heterocycles. The first-order valence-electron chi connectivity index (χ1n) is 3.27. The monoisotopic (exact) mass is 298 g/mol. The highest BCUT2D eigenvalue weighted by atomic mass is 32.2. The predicted molar refractivity (Wildman–Crippen MR) is 54.6 cm³/mol. The molecule has 0 saturated heterocycles. The molecule has 0 rings (SSSR count). The van der Waals surface area contributed by atoms with Crippen molar-refractivity contribution in [3.05, 3.63) is 12.0 Å². The van der Waals surface area contributed by atoms with Crippen LogP contribution in [0.25, 0.3) is 0 Å². The number of rotatable bonds is 4. The van der Waals surface area contributed by atoms with Crippen molar-refractivity contribution in [1.29, 1.82) is 0 Å². The fraction of sp³-hybridized carbons (Fsp3) is 0.500. The molecule has 3 N–H and O–H groups in total. The van der Waals surface area contributed by atoms with Crippen LogP contribution >= 0.6 is 0 Å². The first kappa shape index (κ1) is 17.9. The highest BCUT2D eigenvalue weighted by Gasteiger charge is 2.11. The third kappa shape index (κ3) is 23.4. The molecule has 0 aliphatic rings. The van der Waals surface area contributed by atoms with E-state index in [2.05, 4.69) is 6.58 Å². The molecular weight excluding hydrogens is 288 g/mol. The number of hydrogen-bond acceptors (Lipinski definition) is 6. The first-order chi connectivity index (χ1) is 6.77. The van der Waals surface area contributed by atoms with Gasteiger partial charge < -0.3 is 0 Å². The second-order valence-electron chi connectivity index (χ2n) is 2.25. The summed E-state index contributed by atoms with van der Waals surface area (Å²) in [6.45, 7) is 2.79. The van der Waals surface area contributed by atoms with Crippen molar-refractivity contribution >= 4 is 30.4 Å². The second-order valence-corrected chi connectivity index (χ2v) is 6.76. The van der Waals surface area contributed by atoms with Crippen molar-refractivity contribution in [2.24, 2.45) is 0 Å². The second kappa shape index (κ2) is 6.27. The Morgan fingerprint density at radius 3 is 1.06 bits per heavy atom. The minimum Gasteiger partial charge on any atom is -0.286 e. The van der Waals surface area contributed by atoms with Gasteiger partial charge in [-0.25, -0.2) is 0 Å². The van der Waals surface area contributed by atoms with E-state index in [1.165, 1.54) is 0 Å². The van der Waals surface area contributed by atoms with Gasteiger partial charge in [0.25, 0.3) is 30.4 Å². The summed E-state index contributed by atoms with van der Waals surface area (Å²) in [4.78, 5) is 0. The molecule has 0 saturated carbocycles. The molecule has 0 atom stereocenters. The van der Waals surface area contributed by atoms with Gasteiger partial charge in [0, 0.05) is 0 Å². The Kier molecular flexibility index (Phi) is 6.99. The van der Waals surface area contributed by atoms with E-state index in [0.29, 0.717) is 5.41 Å². The highest BCUT2D eigenvalue weighted by Crippen LogP contribution is 1.86. The zero-order valence-electron chi connectivity index (χ0n) is 7.71. The molecule has 0 aromatic heterocycles. The van der Waals surface area contributed by atoms with E-state index >= 15 is 0 Å². The number of hydrogen-bond donors (Lipinski definition) is 3.